The lowest BCUT2D eigenvalue weighted by molar-refractivity contribution is -0.131. The first-order chi connectivity index (χ1) is 13.1. The van der Waals surface area contributed by atoms with Crippen molar-refractivity contribution in [3.63, 3.8) is 0 Å². The van der Waals surface area contributed by atoms with Gasteiger partial charge in [0.1, 0.15) is 5.75 Å². The molecule has 7 heteroatoms. The molecule has 2 amide bonds. The fourth-order valence-electron chi connectivity index (χ4n) is 3.05. The fraction of sp³-hybridized carbons (Fsp3) is 0.400. The second-order valence-corrected chi connectivity index (χ2v) is 7.74. The van der Waals surface area contributed by atoms with Gasteiger partial charge in [0.05, 0.1) is 16.5 Å². The van der Waals surface area contributed by atoms with Gasteiger partial charge in [0.15, 0.2) is 0 Å². The van der Waals surface area contributed by atoms with Crippen molar-refractivity contribution in [2.75, 3.05) is 32.8 Å². The number of carbonyl (C=O) groups excluding carboxylic acids is 2. The highest BCUT2D eigenvalue weighted by Gasteiger charge is 2.23. The van der Waals surface area contributed by atoms with E-state index in [1.54, 1.807) is 6.07 Å². The molecule has 0 N–H and O–H groups in total. The van der Waals surface area contributed by atoms with E-state index in [1.807, 2.05) is 45.5 Å². The van der Waals surface area contributed by atoms with Crippen molar-refractivity contribution in [2.45, 2.75) is 19.3 Å². The molecule has 1 aromatic carbocycles. The van der Waals surface area contributed by atoms with Gasteiger partial charge in [-0.3, -0.25) is 9.59 Å². The van der Waals surface area contributed by atoms with Crippen molar-refractivity contribution >= 4 is 34.8 Å². The summed E-state index contributed by atoms with van der Waals surface area (Å²) in [7, 11) is 0. The summed E-state index contributed by atoms with van der Waals surface area (Å²) in [6.07, 6.45) is 1.88. The standard InChI is InChI=1S/C20H23ClN2O3S/c21-16-6-1-2-7-17(16)26-14-3-9-19(24)22-10-5-11-23(13-12-22)20(25)18-8-4-15-27-18/h1-2,4,6-8,15H,3,5,9-14H2. The van der Waals surface area contributed by atoms with Crippen LogP contribution >= 0.6 is 22.9 Å². The highest BCUT2D eigenvalue weighted by Crippen LogP contribution is 2.23. The zero-order valence-electron chi connectivity index (χ0n) is 15.1. The topological polar surface area (TPSA) is 49.9 Å². The third-order valence-electron chi connectivity index (χ3n) is 4.50. The summed E-state index contributed by atoms with van der Waals surface area (Å²) in [5.41, 5.74) is 0. The lowest BCUT2D eigenvalue weighted by Gasteiger charge is -2.22. The smallest absolute Gasteiger partial charge is 0.263 e. The van der Waals surface area contributed by atoms with Crippen molar-refractivity contribution in [1.29, 1.82) is 0 Å². The van der Waals surface area contributed by atoms with Crippen LogP contribution in [0.25, 0.3) is 0 Å². The average Bonchev–Trinajstić information content (AvgIpc) is 3.10. The molecule has 144 valence electrons. The van der Waals surface area contributed by atoms with Gasteiger partial charge in [-0.25, -0.2) is 0 Å². The maximum Gasteiger partial charge on any atom is 0.263 e. The molecule has 0 atom stereocenters. The first-order valence-electron chi connectivity index (χ1n) is 9.13. The Kier molecular flexibility index (Phi) is 7.12. The van der Waals surface area contributed by atoms with Gasteiger partial charge in [-0.1, -0.05) is 29.8 Å². The lowest BCUT2D eigenvalue weighted by Crippen LogP contribution is -2.37. The molecule has 27 heavy (non-hydrogen) atoms. The molecule has 1 saturated heterocycles. The van der Waals surface area contributed by atoms with Crippen molar-refractivity contribution in [1.82, 2.24) is 9.80 Å². The number of hydrogen-bond donors (Lipinski definition) is 0. The lowest BCUT2D eigenvalue weighted by atomic mass is 10.2. The Balaban J connectivity index is 1.41. The van der Waals surface area contributed by atoms with Crippen LogP contribution in [0.4, 0.5) is 0 Å². The Bertz CT molecular complexity index is 766. The van der Waals surface area contributed by atoms with Gasteiger partial charge in [0.2, 0.25) is 5.91 Å². The summed E-state index contributed by atoms with van der Waals surface area (Å²) in [5.74, 6) is 0.819. The molecule has 0 unspecified atom stereocenters. The second-order valence-electron chi connectivity index (χ2n) is 6.39. The number of amides is 2. The molecule has 0 saturated carbocycles. The Labute approximate surface area is 168 Å². The quantitative estimate of drug-likeness (QED) is 0.683. The summed E-state index contributed by atoms with van der Waals surface area (Å²) in [5, 5.41) is 2.48. The van der Waals surface area contributed by atoms with Crippen LogP contribution in [0.3, 0.4) is 0 Å². The zero-order chi connectivity index (χ0) is 19.1. The molecule has 1 fully saturated rings. The van der Waals surface area contributed by atoms with E-state index in [1.165, 1.54) is 11.3 Å². The normalized spacial score (nSPS) is 14.7. The van der Waals surface area contributed by atoms with E-state index in [0.29, 0.717) is 56.4 Å². The predicted octanol–water partition coefficient (Wildman–Crippen LogP) is 3.94. The van der Waals surface area contributed by atoms with Crippen molar-refractivity contribution < 1.29 is 14.3 Å². The molecular formula is C20H23ClN2O3S. The molecule has 1 aliphatic rings. The average molecular weight is 407 g/mol. The molecule has 5 nitrogen and oxygen atoms in total. The molecule has 0 radical (unpaired) electrons. The molecule has 1 aromatic heterocycles. The third-order valence-corrected chi connectivity index (χ3v) is 5.67. The number of para-hydroxylation sites is 1. The number of rotatable bonds is 6. The Morgan fingerprint density at radius 3 is 2.59 bits per heavy atom. The van der Waals surface area contributed by atoms with E-state index in [4.69, 9.17) is 16.3 Å². The molecule has 1 aliphatic heterocycles. The Morgan fingerprint density at radius 2 is 1.81 bits per heavy atom. The van der Waals surface area contributed by atoms with E-state index in [0.717, 1.165) is 11.3 Å². The minimum atomic E-state index is 0.0624. The number of benzene rings is 1. The number of nitrogens with zero attached hydrogens (tertiary/aromatic N) is 2. The van der Waals surface area contributed by atoms with Crippen LogP contribution in [0.15, 0.2) is 41.8 Å². The van der Waals surface area contributed by atoms with Gasteiger partial charge in [0.25, 0.3) is 5.91 Å². The summed E-state index contributed by atoms with van der Waals surface area (Å²) in [4.78, 5) is 29.4. The van der Waals surface area contributed by atoms with Gasteiger partial charge in [-0.15, -0.1) is 11.3 Å². The van der Waals surface area contributed by atoms with Crippen molar-refractivity contribution in [3.8, 4) is 5.75 Å². The second kappa shape index (κ2) is 9.76. The van der Waals surface area contributed by atoms with E-state index < -0.39 is 0 Å². The first-order valence-corrected chi connectivity index (χ1v) is 10.4. The van der Waals surface area contributed by atoms with Crippen molar-refractivity contribution in [2.24, 2.45) is 0 Å². The number of hydrogen-bond acceptors (Lipinski definition) is 4. The van der Waals surface area contributed by atoms with E-state index in [2.05, 4.69) is 0 Å². The molecule has 3 rings (SSSR count). The van der Waals surface area contributed by atoms with Gasteiger partial charge in [-0.2, -0.15) is 0 Å². The van der Waals surface area contributed by atoms with Crippen LogP contribution < -0.4 is 4.74 Å². The molecule has 0 aliphatic carbocycles. The summed E-state index contributed by atoms with van der Waals surface area (Å²) >= 11 is 7.51. The van der Waals surface area contributed by atoms with Crippen molar-refractivity contribution in [3.05, 3.63) is 51.7 Å². The van der Waals surface area contributed by atoms with Crippen LogP contribution in [0.5, 0.6) is 5.75 Å². The van der Waals surface area contributed by atoms with E-state index >= 15 is 0 Å². The minimum Gasteiger partial charge on any atom is -0.492 e. The predicted molar refractivity (Wildman–Crippen MR) is 108 cm³/mol. The molecule has 2 heterocycles. The van der Waals surface area contributed by atoms with E-state index in [9.17, 15) is 9.59 Å². The zero-order valence-corrected chi connectivity index (χ0v) is 16.7. The van der Waals surface area contributed by atoms with Crippen LogP contribution in [0.1, 0.15) is 28.9 Å². The van der Waals surface area contributed by atoms with Crippen LogP contribution in [0.2, 0.25) is 5.02 Å². The third kappa shape index (κ3) is 5.47. The van der Waals surface area contributed by atoms with Gasteiger partial charge >= 0.3 is 0 Å². The fourth-order valence-corrected chi connectivity index (χ4v) is 3.93. The number of ether oxygens (including phenoxy) is 1. The number of carbonyl (C=O) groups is 2. The molecule has 0 bridgehead atoms. The maximum atomic E-state index is 12.5. The van der Waals surface area contributed by atoms with Crippen LogP contribution in [-0.2, 0) is 4.79 Å². The largest absolute Gasteiger partial charge is 0.492 e. The summed E-state index contributed by atoms with van der Waals surface area (Å²) < 4.78 is 5.63. The maximum absolute atomic E-state index is 12.5. The molecule has 0 spiro atoms. The summed E-state index contributed by atoms with van der Waals surface area (Å²) in [6, 6.07) is 11.0. The van der Waals surface area contributed by atoms with E-state index in [-0.39, 0.29) is 11.8 Å². The Hall–Kier alpha value is -2.05. The minimum absolute atomic E-state index is 0.0624. The first kappa shape index (κ1) is 19.7. The monoisotopic (exact) mass is 406 g/mol. The van der Waals surface area contributed by atoms with Crippen LogP contribution in [0, 0.1) is 0 Å². The SMILES string of the molecule is O=C(CCCOc1ccccc1Cl)N1CCCN(C(=O)c2cccs2)CC1. The number of halogens is 1. The highest BCUT2D eigenvalue weighted by molar-refractivity contribution is 7.12. The Morgan fingerprint density at radius 1 is 1.04 bits per heavy atom. The highest BCUT2D eigenvalue weighted by atomic mass is 35.5. The molecule has 2 aromatic rings. The van der Waals surface area contributed by atoms with Crippen LogP contribution in [-0.4, -0.2) is 54.4 Å². The summed E-state index contributed by atoms with van der Waals surface area (Å²) in [6.45, 7) is 3.00. The van der Waals surface area contributed by atoms with Gasteiger partial charge < -0.3 is 14.5 Å². The van der Waals surface area contributed by atoms with Gasteiger partial charge in [0, 0.05) is 32.6 Å². The van der Waals surface area contributed by atoms with Gasteiger partial charge in [-0.05, 0) is 36.4 Å². The molecular weight excluding hydrogens is 384 g/mol. The number of thiophene rings is 1.